The van der Waals surface area contributed by atoms with Gasteiger partial charge in [-0.1, -0.05) is 29.8 Å². The molecule has 1 saturated heterocycles. The highest BCUT2D eigenvalue weighted by Gasteiger charge is 2.28. The SMILES string of the molecule is Cc1cccnc1C(NC(=O)C1CCN(CCn2cnc3c2c(=O)n(C)c(=O)n3C)CC1)c1ccc(Cl)cc1. The Bertz CT molecular complexity index is 1620. The van der Waals surface area contributed by atoms with E-state index < -0.39 is 5.69 Å². The van der Waals surface area contributed by atoms with E-state index in [-0.39, 0.29) is 23.4 Å². The van der Waals surface area contributed by atoms with Crippen molar-refractivity contribution in [2.24, 2.45) is 20.0 Å². The van der Waals surface area contributed by atoms with Gasteiger partial charge in [0.05, 0.1) is 18.1 Å². The normalized spacial score (nSPS) is 15.5. The van der Waals surface area contributed by atoms with E-state index in [1.807, 2.05) is 47.9 Å². The van der Waals surface area contributed by atoms with Crippen molar-refractivity contribution < 1.29 is 4.79 Å². The number of imidazole rings is 1. The zero-order valence-corrected chi connectivity index (χ0v) is 23.1. The van der Waals surface area contributed by atoms with Crippen LogP contribution in [0.25, 0.3) is 11.2 Å². The van der Waals surface area contributed by atoms with Crippen molar-refractivity contribution in [1.82, 2.24) is 33.9 Å². The van der Waals surface area contributed by atoms with Crippen molar-refractivity contribution in [3.63, 3.8) is 0 Å². The van der Waals surface area contributed by atoms with Gasteiger partial charge in [-0.2, -0.15) is 0 Å². The first-order valence-corrected chi connectivity index (χ1v) is 13.4. The lowest BCUT2D eigenvalue weighted by Crippen LogP contribution is -2.43. The first-order chi connectivity index (χ1) is 18.7. The molecule has 204 valence electrons. The van der Waals surface area contributed by atoms with Crippen molar-refractivity contribution in [3.05, 3.63) is 91.6 Å². The summed E-state index contributed by atoms with van der Waals surface area (Å²) in [4.78, 5) is 49.5. The number of halogens is 1. The van der Waals surface area contributed by atoms with Crippen molar-refractivity contribution in [3.8, 4) is 0 Å². The molecule has 0 bridgehead atoms. The molecule has 1 fully saturated rings. The third kappa shape index (κ3) is 5.39. The Morgan fingerprint density at radius 3 is 2.46 bits per heavy atom. The quantitative estimate of drug-likeness (QED) is 0.379. The first-order valence-electron chi connectivity index (χ1n) is 13.0. The van der Waals surface area contributed by atoms with Crippen LogP contribution in [0.2, 0.25) is 5.02 Å². The highest BCUT2D eigenvalue weighted by Crippen LogP contribution is 2.26. The predicted octanol–water partition coefficient (Wildman–Crippen LogP) is 2.41. The number of amides is 1. The summed E-state index contributed by atoms with van der Waals surface area (Å²) in [5.74, 6) is -0.0827. The van der Waals surface area contributed by atoms with Gasteiger partial charge in [-0.3, -0.25) is 23.7 Å². The van der Waals surface area contributed by atoms with Crippen LogP contribution in [0.1, 0.15) is 35.7 Å². The Balaban J connectivity index is 1.23. The summed E-state index contributed by atoms with van der Waals surface area (Å²) in [5.41, 5.74) is 2.83. The molecule has 39 heavy (non-hydrogen) atoms. The highest BCUT2D eigenvalue weighted by atomic mass is 35.5. The number of benzene rings is 1. The summed E-state index contributed by atoms with van der Waals surface area (Å²) in [5, 5.41) is 3.89. The molecule has 11 heteroatoms. The van der Waals surface area contributed by atoms with E-state index in [9.17, 15) is 14.4 Å². The predicted molar refractivity (Wildman–Crippen MR) is 150 cm³/mol. The van der Waals surface area contributed by atoms with Crippen molar-refractivity contribution >= 4 is 28.7 Å². The van der Waals surface area contributed by atoms with Crippen LogP contribution in [0.4, 0.5) is 0 Å². The number of hydrogen-bond acceptors (Lipinski definition) is 6. The molecule has 1 amide bonds. The van der Waals surface area contributed by atoms with E-state index in [1.54, 1.807) is 19.6 Å². The second-order valence-corrected chi connectivity index (χ2v) is 10.6. The van der Waals surface area contributed by atoms with Crippen LogP contribution in [0.5, 0.6) is 0 Å². The van der Waals surface area contributed by atoms with E-state index in [4.69, 9.17) is 11.6 Å². The fourth-order valence-corrected chi connectivity index (χ4v) is 5.39. The van der Waals surface area contributed by atoms with Crippen LogP contribution in [-0.2, 0) is 25.4 Å². The monoisotopic (exact) mass is 549 g/mol. The molecule has 4 aromatic rings. The van der Waals surface area contributed by atoms with Crippen molar-refractivity contribution in [2.45, 2.75) is 32.4 Å². The van der Waals surface area contributed by atoms with Crippen LogP contribution in [0.3, 0.4) is 0 Å². The van der Waals surface area contributed by atoms with Gasteiger partial charge < -0.3 is 14.8 Å². The number of piperidine rings is 1. The number of aromatic nitrogens is 5. The molecule has 1 aromatic carbocycles. The molecule has 10 nitrogen and oxygen atoms in total. The minimum Gasteiger partial charge on any atom is -0.343 e. The van der Waals surface area contributed by atoms with Gasteiger partial charge in [0.25, 0.3) is 5.56 Å². The number of pyridine rings is 1. The van der Waals surface area contributed by atoms with Crippen molar-refractivity contribution in [1.29, 1.82) is 0 Å². The molecule has 4 heterocycles. The molecule has 1 aliphatic rings. The second-order valence-electron chi connectivity index (χ2n) is 10.1. The summed E-state index contributed by atoms with van der Waals surface area (Å²) in [6, 6.07) is 11.0. The lowest BCUT2D eigenvalue weighted by Gasteiger charge is -2.32. The largest absolute Gasteiger partial charge is 0.343 e. The molecular formula is C28H32ClN7O3. The maximum absolute atomic E-state index is 13.4. The van der Waals surface area contributed by atoms with Crippen LogP contribution >= 0.6 is 11.6 Å². The molecule has 5 rings (SSSR count). The molecule has 0 aliphatic carbocycles. The van der Waals surface area contributed by atoms with E-state index in [0.29, 0.717) is 29.3 Å². The Morgan fingerprint density at radius 2 is 1.77 bits per heavy atom. The highest BCUT2D eigenvalue weighted by molar-refractivity contribution is 6.30. The molecule has 0 saturated carbocycles. The minimum absolute atomic E-state index is 0.0182. The first kappa shape index (κ1) is 26.8. The van der Waals surface area contributed by atoms with E-state index in [0.717, 1.165) is 47.3 Å². The van der Waals surface area contributed by atoms with Gasteiger partial charge in [-0.05, 0) is 62.2 Å². The standard InChI is InChI=1S/C28H32ClN7O3/c1-18-5-4-12-30-22(18)23(19-6-8-21(29)9-7-19)32-26(37)20-10-13-35(14-11-20)15-16-36-17-31-25-24(36)27(38)34(3)28(39)33(25)2/h4-9,12,17,20,23H,10-11,13-16H2,1-3H3,(H,32,37). The van der Waals surface area contributed by atoms with E-state index in [2.05, 4.69) is 20.2 Å². The van der Waals surface area contributed by atoms with E-state index in [1.165, 1.54) is 11.6 Å². The molecule has 1 unspecified atom stereocenters. The van der Waals surface area contributed by atoms with Crippen LogP contribution < -0.4 is 16.6 Å². The lowest BCUT2D eigenvalue weighted by molar-refractivity contribution is -0.127. The second kappa shape index (κ2) is 11.2. The minimum atomic E-state index is -0.394. The zero-order valence-electron chi connectivity index (χ0n) is 22.3. The van der Waals surface area contributed by atoms with Crippen LogP contribution in [0.15, 0.2) is 58.5 Å². The average molecular weight is 550 g/mol. The molecule has 1 atom stereocenters. The van der Waals surface area contributed by atoms with Gasteiger partial charge in [-0.25, -0.2) is 9.78 Å². The molecule has 1 N–H and O–H groups in total. The topological polar surface area (TPSA) is 107 Å². The number of carbonyl (C=O) groups is 1. The molecule has 0 radical (unpaired) electrons. The van der Waals surface area contributed by atoms with Gasteiger partial charge in [0.15, 0.2) is 11.2 Å². The number of fused-ring (bicyclic) bond motifs is 1. The Morgan fingerprint density at radius 1 is 1.05 bits per heavy atom. The summed E-state index contributed by atoms with van der Waals surface area (Å²) in [6.07, 6.45) is 4.83. The summed E-state index contributed by atoms with van der Waals surface area (Å²) in [6.45, 7) is 4.82. The fourth-order valence-electron chi connectivity index (χ4n) is 5.26. The molecule has 3 aromatic heterocycles. The number of aryl methyl sites for hydroxylation is 2. The van der Waals surface area contributed by atoms with Gasteiger partial charge in [-0.15, -0.1) is 0 Å². The number of nitrogens with zero attached hydrogens (tertiary/aromatic N) is 6. The summed E-state index contributed by atoms with van der Waals surface area (Å²) >= 11 is 6.11. The summed E-state index contributed by atoms with van der Waals surface area (Å²) < 4.78 is 4.30. The van der Waals surface area contributed by atoms with Crippen LogP contribution in [0, 0.1) is 12.8 Å². The van der Waals surface area contributed by atoms with Gasteiger partial charge in [0, 0.05) is 44.3 Å². The number of likely N-dealkylation sites (tertiary alicyclic amines) is 1. The molecule has 0 spiro atoms. The zero-order chi connectivity index (χ0) is 27.7. The average Bonchev–Trinajstić information content (AvgIpc) is 3.38. The van der Waals surface area contributed by atoms with Gasteiger partial charge in [0.1, 0.15) is 0 Å². The Labute approximate surface area is 230 Å². The van der Waals surface area contributed by atoms with Crippen LogP contribution in [-0.4, -0.2) is 54.1 Å². The van der Waals surface area contributed by atoms with Crippen molar-refractivity contribution in [2.75, 3.05) is 19.6 Å². The fraction of sp³-hybridized carbons (Fsp3) is 0.393. The third-order valence-corrected chi connectivity index (χ3v) is 7.90. The Kier molecular flexibility index (Phi) is 7.67. The lowest BCUT2D eigenvalue weighted by atomic mass is 9.94. The smallest absolute Gasteiger partial charge is 0.332 e. The maximum atomic E-state index is 13.4. The summed E-state index contributed by atoms with van der Waals surface area (Å²) in [7, 11) is 3.09. The number of hydrogen-bond donors (Lipinski definition) is 1. The molecular weight excluding hydrogens is 518 g/mol. The molecule has 1 aliphatic heterocycles. The number of rotatable bonds is 7. The number of carbonyl (C=O) groups excluding carboxylic acids is 1. The Hall–Kier alpha value is -3.76. The van der Waals surface area contributed by atoms with Gasteiger partial charge in [0.2, 0.25) is 5.91 Å². The van der Waals surface area contributed by atoms with Gasteiger partial charge >= 0.3 is 5.69 Å². The number of nitrogens with one attached hydrogen (secondary N) is 1. The maximum Gasteiger partial charge on any atom is 0.332 e. The third-order valence-electron chi connectivity index (χ3n) is 7.65. The van der Waals surface area contributed by atoms with E-state index >= 15 is 0 Å².